The summed E-state index contributed by atoms with van der Waals surface area (Å²) >= 11 is 5.97. The highest BCUT2D eigenvalue weighted by Crippen LogP contribution is 2.25. The summed E-state index contributed by atoms with van der Waals surface area (Å²) in [5, 5.41) is 4.26. The summed E-state index contributed by atoms with van der Waals surface area (Å²) in [5.74, 6) is -2.73. The van der Waals surface area contributed by atoms with Crippen molar-refractivity contribution in [1.29, 1.82) is 0 Å². The molecule has 0 unspecified atom stereocenters. The van der Waals surface area contributed by atoms with Crippen LogP contribution in [0, 0.1) is 6.92 Å². The number of carbonyl (C=O) groups excluding carboxylic acids is 2. The molecule has 1 saturated heterocycles. The van der Waals surface area contributed by atoms with E-state index in [1.807, 2.05) is 19.1 Å². The lowest BCUT2D eigenvalue weighted by molar-refractivity contribution is -0.222. The molecule has 2 heterocycles. The van der Waals surface area contributed by atoms with Gasteiger partial charge in [-0.25, -0.2) is 14.6 Å². The Kier molecular flexibility index (Phi) is 3.93. The lowest BCUT2D eigenvalue weighted by Crippen LogP contribution is -2.42. The third-order valence-electron chi connectivity index (χ3n) is 3.49. The van der Waals surface area contributed by atoms with Crippen molar-refractivity contribution < 1.29 is 19.1 Å². The van der Waals surface area contributed by atoms with Crippen molar-refractivity contribution in [2.45, 2.75) is 26.6 Å². The summed E-state index contributed by atoms with van der Waals surface area (Å²) in [5.41, 5.74) is 2.16. The van der Waals surface area contributed by atoms with E-state index in [1.54, 1.807) is 12.1 Å². The first-order valence-corrected chi connectivity index (χ1v) is 7.63. The van der Waals surface area contributed by atoms with Gasteiger partial charge >= 0.3 is 11.9 Å². The van der Waals surface area contributed by atoms with Crippen LogP contribution in [0.25, 0.3) is 10.9 Å². The lowest BCUT2D eigenvalue weighted by atomic mass is 10.1. The van der Waals surface area contributed by atoms with Crippen LogP contribution in [-0.4, -0.2) is 22.7 Å². The first-order valence-electron chi connectivity index (χ1n) is 7.25. The maximum atomic E-state index is 11.9. The summed E-state index contributed by atoms with van der Waals surface area (Å²) in [4.78, 5) is 28.0. The van der Waals surface area contributed by atoms with E-state index in [0.717, 1.165) is 10.9 Å². The topological polar surface area (TPSA) is 77.5 Å². The summed E-state index contributed by atoms with van der Waals surface area (Å²) < 4.78 is 10.1. The van der Waals surface area contributed by atoms with Gasteiger partial charge in [-0.1, -0.05) is 17.7 Å². The van der Waals surface area contributed by atoms with Crippen molar-refractivity contribution in [3.63, 3.8) is 0 Å². The molecule has 1 N–H and O–H groups in total. The van der Waals surface area contributed by atoms with E-state index >= 15 is 0 Å². The zero-order valence-electron chi connectivity index (χ0n) is 13.3. The predicted molar refractivity (Wildman–Crippen MR) is 89.5 cm³/mol. The van der Waals surface area contributed by atoms with Gasteiger partial charge in [-0.2, -0.15) is 0 Å². The summed E-state index contributed by atoms with van der Waals surface area (Å²) in [6.07, 6.45) is 1.26. The number of anilines is 1. The second-order valence-corrected chi connectivity index (χ2v) is 6.26. The Balaban J connectivity index is 1.88. The molecule has 0 saturated carbocycles. The molecular weight excluding hydrogens is 332 g/mol. The number of aryl methyl sites for hydroxylation is 1. The lowest BCUT2D eigenvalue weighted by Gasteiger charge is -2.29. The number of pyridine rings is 1. The van der Waals surface area contributed by atoms with E-state index in [9.17, 15) is 9.59 Å². The molecular formula is C17H15ClN2O4. The van der Waals surface area contributed by atoms with Crippen LogP contribution >= 0.6 is 11.6 Å². The molecule has 3 rings (SSSR count). The van der Waals surface area contributed by atoms with E-state index in [1.165, 1.54) is 20.0 Å². The van der Waals surface area contributed by atoms with Crippen molar-refractivity contribution in [3.8, 4) is 0 Å². The number of nitrogens with one attached hydrogen (secondary N) is 1. The third-order valence-corrected chi connectivity index (χ3v) is 3.68. The number of fused-ring (bicyclic) bond motifs is 1. The minimum absolute atomic E-state index is 0.204. The Morgan fingerprint density at radius 3 is 2.50 bits per heavy atom. The quantitative estimate of drug-likeness (QED) is 0.389. The molecule has 1 aliphatic heterocycles. The average molecular weight is 347 g/mol. The van der Waals surface area contributed by atoms with E-state index in [0.29, 0.717) is 16.4 Å². The van der Waals surface area contributed by atoms with Gasteiger partial charge in [0.15, 0.2) is 5.57 Å². The van der Waals surface area contributed by atoms with Crippen LogP contribution < -0.4 is 5.32 Å². The molecule has 24 heavy (non-hydrogen) atoms. The number of esters is 2. The van der Waals surface area contributed by atoms with Gasteiger partial charge in [-0.05, 0) is 30.7 Å². The van der Waals surface area contributed by atoms with Crippen LogP contribution in [0.4, 0.5) is 5.69 Å². The number of nitrogens with zero attached hydrogens (tertiary/aromatic N) is 1. The highest BCUT2D eigenvalue weighted by atomic mass is 35.5. The van der Waals surface area contributed by atoms with Crippen LogP contribution in [0.15, 0.2) is 36.0 Å². The number of benzene rings is 1. The molecule has 0 spiro atoms. The second kappa shape index (κ2) is 5.79. The standard InChI is InChI=1S/C17H15ClN2O4/c1-9-6-14(18)20-13-7-10(4-5-11(9)13)19-8-12-15(21)23-17(2,3)24-16(12)22/h4-8,19H,1-3H3. The van der Waals surface area contributed by atoms with Crippen LogP contribution in [0.1, 0.15) is 19.4 Å². The number of halogens is 1. The van der Waals surface area contributed by atoms with Crippen LogP contribution in [0.3, 0.4) is 0 Å². The largest absolute Gasteiger partial charge is 0.419 e. The SMILES string of the molecule is Cc1cc(Cl)nc2cc(NC=C3C(=O)OC(C)(C)OC3=O)ccc12. The molecule has 0 amide bonds. The minimum atomic E-state index is -1.26. The maximum Gasteiger partial charge on any atom is 0.350 e. The fourth-order valence-electron chi connectivity index (χ4n) is 2.39. The number of carbonyl (C=O) groups is 2. The van der Waals surface area contributed by atoms with Crippen molar-refractivity contribution in [2.24, 2.45) is 0 Å². The molecule has 0 radical (unpaired) electrons. The normalized spacial score (nSPS) is 16.6. The number of ether oxygens (including phenoxy) is 2. The first kappa shape index (κ1) is 16.3. The smallest absolute Gasteiger partial charge is 0.350 e. The Morgan fingerprint density at radius 2 is 1.83 bits per heavy atom. The summed E-state index contributed by atoms with van der Waals surface area (Å²) in [7, 11) is 0. The average Bonchev–Trinajstić information content (AvgIpc) is 2.44. The number of hydrogen-bond donors (Lipinski definition) is 1. The van der Waals surface area contributed by atoms with Crippen LogP contribution in [0.2, 0.25) is 5.15 Å². The molecule has 0 bridgehead atoms. The Bertz CT molecular complexity index is 868. The molecule has 0 atom stereocenters. The van der Waals surface area contributed by atoms with E-state index in [-0.39, 0.29) is 5.57 Å². The van der Waals surface area contributed by atoms with Crippen molar-refractivity contribution in [3.05, 3.63) is 46.8 Å². The van der Waals surface area contributed by atoms with E-state index < -0.39 is 17.7 Å². The fraction of sp³-hybridized carbons (Fsp3) is 0.235. The Hall–Kier alpha value is -2.60. The zero-order chi connectivity index (χ0) is 17.5. The fourth-order valence-corrected chi connectivity index (χ4v) is 2.64. The van der Waals surface area contributed by atoms with Gasteiger partial charge < -0.3 is 14.8 Å². The van der Waals surface area contributed by atoms with Crippen LogP contribution in [0.5, 0.6) is 0 Å². The molecule has 124 valence electrons. The van der Waals surface area contributed by atoms with Crippen molar-refractivity contribution >= 4 is 40.1 Å². The highest BCUT2D eigenvalue weighted by Gasteiger charge is 2.38. The minimum Gasteiger partial charge on any atom is -0.419 e. The van der Waals surface area contributed by atoms with E-state index in [2.05, 4.69) is 10.3 Å². The summed E-state index contributed by atoms with van der Waals surface area (Å²) in [6.45, 7) is 4.93. The van der Waals surface area contributed by atoms with E-state index in [4.69, 9.17) is 21.1 Å². The van der Waals surface area contributed by atoms with Gasteiger partial charge in [0.05, 0.1) is 5.52 Å². The Labute approximate surface area is 143 Å². The molecule has 1 aromatic heterocycles. The van der Waals surface area contributed by atoms with Gasteiger partial charge in [0, 0.05) is 31.1 Å². The number of hydrogen-bond acceptors (Lipinski definition) is 6. The monoisotopic (exact) mass is 346 g/mol. The van der Waals surface area contributed by atoms with Crippen molar-refractivity contribution in [2.75, 3.05) is 5.32 Å². The van der Waals surface area contributed by atoms with Crippen molar-refractivity contribution in [1.82, 2.24) is 4.98 Å². The molecule has 0 aliphatic carbocycles. The van der Waals surface area contributed by atoms with Gasteiger partial charge in [-0.15, -0.1) is 0 Å². The highest BCUT2D eigenvalue weighted by molar-refractivity contribution is 6.30. The number of rotatable bonds is 2. The Morgan fingerprint density at radius 1 is 1.17 bits per heavy atom. The third kappa shape index (κ3) is 3.19. The predicted octanol–water partition coefficient (Wildman–Crippen LogP) is 3.33. The number of aromatic nitrogens is 1. The molecule has 7 heteroatoms. The maximum absolute atomic E-state index is 11.9. The molecule has 1 aliphatic rings. The zero-order valence-corrected chi connectivity index (χ0v) is 14.1. The van der Waals surface area contributed by atoms with Gasteiger partial charge in [0.2, 0.25) is 0 Å². The first-order chi connectivity index (χ1) is 11.2. The molecule has 1 fully saturated rings. The molecule has 1 aromatic carbocycles. The molecule has 6 nitrogen and oxygen atoms in total. The number of cyclic esters (lactones) is 2. The summed E-state index contributed by atoms with van der Waals surface area (Å²) in [6, 6.07) is 7.25. The van der Waals surface area contributed by atoms with Gasteiger partial charge in [0.1, 0.15) is 5.15 Å². The van der Waals surface area contributed by atoms with Crippen LogP contribution in [-0.2, 0) is 19.1 Å². The molecule has 2 aromatic rings. The second-order valence-electron chi connectivity index (χ2n) is 5.88. The van der Waals surface area contributed by atoms with Gasteiger partial charge in [0.25, 0.3) is 5.79 Å². The van der Waals surface area contributed by atoms with Gasteiger partial charge in [-0.3, -0.25) is 0 Å².